The van der Waals surface area contributed by atoms with Crippen molar-refractivity contribution in [2.24, 2.45) is 5.41 Å². The average Bonchev–Trinajstić information content (AvgIpc) is 2.55. The van der Waals surface area contributed by atoms with Crippen molar-refractivity contribution < 1.29 is 14.3 Å². The first-order valence-corrected chi connectivity index (χ1v) is 8.49. The van der Waals surface area contributed by atoms with E-state index in [0.29, 0.717) is 23.2 Å². The van der Waals surface area contributed by atoms with Gasteiger partial charge in [-0.3, -0.25) is 4.79 Å². The van der Waals surface area contributed by atoms with Crippen LogP contribution in [0.4, 0.5) is 5.69 Å². The molecule has 1 atom stereocenters. The summed E-state index contributed by atoms with van der Waals surface area (Å²) < 4.78 is 4.79. The van der Waals surface area contributed by atoms with E-state index in [9.17, 15) is 9.59 Å². The molecule has 144 valence electrons. The van der Waals surface area contributed by atoms with Crippen molar-refractivity contribution in [1.29, 1.82) is 0 Å². The zero-order valence-corrected chi connectivity index (χ0v) is 17.0. The van der Waals surface area contributed by atoms with Crippen LogP contribution in [0.15, 0.2) is 18.2 Å². The van der Waals surface area contributed by atoms with E-state index in [1.54, 1.807) is 18.2 Å². The van der Waals surface area contributed by atoms with Crippen molar-refractivity contribution in [2.45, 2.75) is 53.0 Å². The molecule has 1 rings (SSSR count). The Bertz CT molecular complexity index is 685. The van der Waals surface area contributed by atoms with E-state index in [1.165, 1.54) is 7.11 Å². The summed E-state index contributed by atoms with van der Waals surface area (Å²) in [4.78, 5) is 24.6. The van der Waals surface area contributed by atoms with Crippen LogP contribution in [0.2, 0.25) is 0 Å². The monoisotopic (exact) mass is 380 g/mol. The van der Waals surface area contributed by atoms with E-state index in [4.69, 9.17) is 10.5 Å². The van der Waals surface area contributed by atoms with Gasteiger partial charge in [0.15, 0.2) is 0 Å². The second-order valence-corrected chi connectivity index (χ2v) is 7.00. The SMILES string of the molecule is CCCC[C@H](NC(=O)c1ccc(N)cc1C#CC(C)(C)C)C(=O)OC.Cl. The number of benzene rings is 1. The van der Waals surface area contributed by atoms with Crippen LogP contribution in [0.1, 0.15) is 62.9 Å². The number of halogens is 1. The van der Waals surface area contributed by atoms with Gasteiger partial charge >= 0.3 is 5.97 Å². The van der Waals surface area contributed by atoms with Crippen LogP contribution in [0.3, 0.4) is 0 Å². The largest absolute Gasteiger partial charge is 0.467 e. The van der Waals surface area contributed by atoms with Crippen molar-refractivity contribution in [3.8, 4) is 11.8 Å². The van der Waals surface area contributed by atoms with E-state index in [0.717, 1.165) is 12.8 Å². The topological polar surface area (TPSA) is 81.4 Å². The van der Waals surface area contributed by atoms with Gasteiger partial charge < -0.3 is 15.8 Å². The number of carbonyl (C=O) groups is 2. The highest BCUT2D eigenvalue weighted by molar-refractivity contribution is 5.99. The number of carbonyl (C=O) groups excluding carboxylic acids is 2. The minimum atomic E-state index is -0.668. The second kappa shape index (κ2) is 10.7. The highest BCUT2D eigenvalue weighted by Crippen LogP contribution is 2.16. The molecule has 0 aliphatic carbocycles. The minimum Gasteiger partial charge on any atom is -0.467 e. The van der Waals surface area contributed by atoms with Gasteiger partial charge in [-0.15, -0.1) is 12.4 Å². The zero-order chi connectivity index (χ0) is 19.0. The predicted octanol–water partition coefficient (Wildman–Crippen LogP) is 3.55. The van der Waals surface area contributed by atoms with Gasteiger partial charge in [0.25, 0.3) is 5.91 Å². The lowest BCUT2D eigenvalue weighted by Crippen LogP contribution is -2.41. The first-order valence-electron chi connectivity index (χ1n) is 8.49. The van der Waals surface area contributed by atoms with Crippen LogP contribution in [-0.2, 0) is 9.53 Å². The molecule has 0 saturated heterocycles. The van der Waals surface area contributed by atoms with Crippen molar-refractivity contribution in [3.05, 3.63) is 29.3 Å². The maximum atomic E-state index is 12.7. The van der Waals surface area contributed by atoms with Crippen LogP contribution in [0.5, 0.6) is 0 Å². The molecule has 0 fully saturated rings. The van der Waals surface area contributed by atoms with E-state index in [2.05, 4.69) is 17.2 Å². The van der Waals surface area contributed by atoms with Gasteiger partial charge in [0, 0.05) is 16.7 Å². The summed E-state index contributed by atoms with van der Waals surface area (Å²) in [5, 5.41) is 2.75. The highest BCUT2D eigenvalue weighted by Gasteiger charge is 2.22. The van der Waals surface area contributed by atoms with Gasteiger partial charge in [0.2, 0.25) is 0 Å². The molecule has 0 aliphatic heterocycles. The van der Waals surface area contributed by atoms with Crippen LogP contribution in [-0.4, -0.2) is 25.0 Å². The lowest BCUT2D eigenvalue weighted by atomic mass is 9.96. The first-order chi connectivity index (χ1) is 11.7. The number of nitrogens with two attached hydrogens (primary N) is 1. The number of hydrogen-bond acceptors (Lipinski definition) is 4. The first kappa shape index (κ1) is 23.8. The summed E-state index contributed by atoms with van der Waals surface area (Å²) in [5.41, 5.74) is 7.11. The van der Waals surface area contributed by atoms with Crippen molar-refractivity contribution in [2.75, 3.05) is 12.8 Å². The third-order valence-corrected chi connectivity index (χ3v) is 3.50. The molecule has 1 aromatic rings. The molecule has 0 heterocycles. The van der Waals surface area contributed by atoms with Gasteiger partial charge in [-0.05, 0) is 45.4 Å². The second-order valence-electron chi connectivity index (χ2n) is 7.00. The Morgan fingerprint density at radius 1 is 1.31 bits per heavy atom. The maximum absolute atomic E-state index is 12.7. The number of methoxy groups -OCH3 is 1. The molecule has 0 unspecified atom stereocenters. The van der Waals surface area contributed by atoms with Crippen molar-refractivity contribution in [1.82, 2.24) is 5.32 Å². The maximum Gasteiger partial charge on any atom is 0.328 e. The number of nitrogens with one attached hydrogen (secondary N) is 1. The van der Waals surface area contributed by atoms with Gasteiger partial charge in [0.1, 0.15) is 6.04 Å². The molecule has 0 aromatic heterocycles. The Hall–Kier alpha value is -2.19. The molecule has 26 heavy (non-hydrogen) atoms. The number of unbranched alkanes of at least 4 members (excludes halogenated alkanes) is 1. The number of rotatable bonds is 6. The number of anilines is 1. The van der Waals surface area contributed by atoms with Gasteiger partial charge in [-0.25, -0.2) is 4.79 Å². The summed E-state index contributed by atoms with van der Waals surface area (Å²) in [6.45, 7) is 7.99. The molecule has 1 aromatic carbocycles. The summed E-state index contributed by atoms with van der Waals surface area (Å²) in [6.07, 6.45) is 2.28. The Labute approximate surface area is 162 Å². The van der Waals surface area contributed by atoms with Crippen LogP contribution in [0, 0.1) is 17.3 Å². The Kier molecular flexibility index (Phi) is 9.82. The molecule has 5 nitrogen and oxygen atoms in total. The van der Waals surface area contributed by atoms with Crippen LogP contribution >= 0.6 is 12.4 Å². The van der Waals surface area contributed by atoms with E-state index in [-0.39, 0.29) is 23.7 Å². The number of ether oxygens (including phenoxy) is 1. The molecular formula is C20H29ClN2O3. The fourth-order valence-corrected chi connectivity index (χ4v) is 2.15. The lowest BCUT2D eigenvalue weighted by Gasteiger charge is -2.17. The van der Waals surface area contributed by atoms with E-state index >= 15 is 0 Å². The van der Waals surface area contributed by atoms with Crippen molar-refractivity contribution in [3.63, 3.8) is 0 Å². The molecule has 0 saturated carbocycles. The number of nitrogen functional groups attached to an aromatic ring is 1. The molecule has 6 heteroatoms. The van der Waals surface area contributed by atoms with Gasteiger partial charge in [-0.1, -0.05) is 31.6 Å². The Morgan fingerprint density at radius 2 is 1.96 bits per heavy atom. The van der Waals surface area contributed by atoms with Gasteiger partial charge in [-0.2, -0.15) is 0 Å². The van der Waals surface area contributed by atoms with Crippen LogP contribution < -0.4 is 11.1 Å². The molecule has 0 radical (unpaired) electrons. The fourth-order valence-electron chi connectivity index (χ4n) is 2.15. The quantitative estimate of drug-likeness (QED) is 0.449. The molecule has 3 N–H and O–H groups in total. The van der Waals surface area contributed by atoms with E-state index < -0.39 is 12.0 Å². The summed E-state index contributed by atoms with van der Waals surface area (Å²) >= 11 is 0. The normalized spacial score (nSPS) is 11.4. The molecule has 0 aliphatic rings. The smallest absolute Gasteiger partial charge is 0.328 e. The standard InChI is InChI=1S/C20H28N2O3.ClH/c1-6-7-8-17(19(24)25-5)22-18(23)16-10-9-15(21)13-14(16)11-12-20(2,3)4;/h9-10,13,17H,6-8,21H2,1-5H3,(H,22,23);1H/t17-;/m0./s1. The third-order valence-electron chi connectivity index (χ3n) is 3.50. The summed E-state index contributed by atoms with van der Waals surface area (Å²) in [7, 11) is 1.32. The average molecular weight is 381 g/mol. The number of hydrogen-bond donors (Lipinski definition) is 2. The van der Waals surface area contributed by atoms with Gasteiger partial charge in [0.05, 0.1) is 12.7 Å². The molecule has 0 spiro atoms. The number of esters is 1. The molecule has 0 bridgehead atoms. The number of amides is 1. The highest BCUT2D eigenvalue weighted by atomic mass is 35.5. The minimum absolute atomic E-state index is 0. The third kappa shape index (κ3) is 7.79. The summed E-state index contributed by atoms with van der Waals surface area (Å²) in [6, 6.07) is 4.28. The zero-order valence-electron chi connectivity index (χ0n) is 16.1. The van der Waals surface area contributed by atoms with E-state index in [1.807, 2.05) is 27.7 Å². The lowest BCUT2D eigenvalue weighted by molar-refractivity contribution is -0.143. The Balaban J connectivity index is 0.00000625. The predicted molar refractivity (Wildman–Crippen MR) is 107 cm³/mol. The molecule has 1 amide bonds. The fraction of sp³-hybridized carbons (Fsp3) is 0.500. The summed E-state index contributed by atoms with van der Waals surface area (Å²) in [5.74, 6) is 5.33. The Morgan fingerprint density at radius 3 is 2.50 bits per heavy atom. The van der Waals surface area contributed by atoms with Crippen molar-refractivity contribution >= 4 is 30.0 Å². The molecular weight excluding hydrogens is 352 g/mol. The van der Waals surface area contributed by atoms with Crippen LogP contribution in [0.25, 0.3) is 0 Å².